The number of hydrogen-bond acceptors (Lipinski definition) is 2. The highest BCUT2D eigenvalue weighted by Crippen LogP contribution is 2.43. The lowest BCUT2D eigenvalue weighted by atomic mass is 9.68. The van der Waals surface area contributed by atoms with Crippen LogP contribution < -0.4 is 0 Å². The standard InChI is InChI=1S/C35H48O.CH2O/c1-4-5-6-7-27-8-10-28(11-9-27)29-12-14-30(15-13-29)31-16-18-32(19-17-31)33-20-22-34(23-21-33)35(25-36)24-26(2)3;1-2/h8-16,32-36H,2,4-7,17-25H2,1,3H3;1H2. The van der Waals surface area contributed by atoms with E-state index in [9.17, 15) is 5.11 Å². The fourth-order valence-corrected chi connectivity index (χ4v) is 6.78. The number of allylic oxidation sites excluding steroid dienone is 3. The normalized spacial score (nSPS) is 22.1. The van der Waals surface area contributed by atoms with Crippen LogP contribution in [0.5, 0.6) is 0 Å². The number of benzene rings is 2. The molecular weight excluding hydrogens is 464 g/mol. The minimum Gasteiger partial charge on any atom is -0.396 e. The monoisotopic (exact) mass is 514 g/mol. The van der Waals surface area contributed by atoms with Crippen LogP contribution in [0.15, 0.2) is 66.8 Å². The first kappa shape index (κ1) is 30.1. The van der Waals surface area contributed by atoms with Crippen LogP contribution in [0.1, 0.15) is 95.6 Å². The number of hydrogen-bond donors (Lipinski definition) is 1. The van der Waals surface area contributed by atoms with Crippen LogP contribution in [0.25, 0.3) is 16.7 Å². The van der Waals surface area contributed by atoms with Crippen LogP contribution in [-0.2, 0) is 11.2 Å². The lowest BCUT2D eigenvalue weighted by molar-refractivity contribution is -0.0980. The van der Waals surface area contributed by atoms with Gasteiger partial charge in [-0.25, -0.2) is 0 Å². The molecule has 0 saturated heterocycles. The van der Waals surface area contributed by atoms with Gasteiger partial charge in [-0.15, -0.1) is 6.58 Å². The number of carbonyl (C=O) groups is 1. The van der Waals surface area contributed by atoms with Crippen molar-refractivity contribution in [3.8, 4) is 11.1 Å². The molecule has 4 rings (SSSR count). The van der Waals surface area contributed by atoms with Crippen molar-refractivity contribution in [2.45, 2.75) is 90.9 Å². The molecule has 1 fully saturated rings. The topological polar surface area (TPSA) is 37.3 Å². The average Bonchev–Trinajstić information content (AvgIpc) is 2.98. The molecule has 2 nitrogen and oxygen atoms in total. The van der Waals surface area contributed by atoms with Crippen LogP contribution >= 0.6 is 0 Å². The molecule has 0 bridgehead atoms. The first-order valence-corrected chi connectivity index (χ1v) is 15.0. The van der Waals surface area contributed by atoms with Gasteiger partial charge in [-0.1, -0.05) is 79.9 Å². The predicted octanol–water partition coefficient (Wildman–Crippen LogP) is 9.47. The smallest absolute Gasteiger partial charge is 0.106 e. The Labute approximate surface area is 232 Å². The molecule has 0 heterocycles. The maximum absolute atomic E-state index is 9.86. The molecule has 2 heteroatoms. The van der Waals surface area contributed by atoms with E-state index in [0.29, 0.717) is 18.4 Å². The van der Waals surface area contributed by atoms with Crippen molar-refractivity contribution in [1.82, 2.24) is 0 Å². The van der Waals surface area contributed by atoms with Crippen molar-refractivity contribution in [2.75, 3.05) is 6.61 Å². The number of carbonyl (C=O) groups excluding carboxylic acids is 1. The van der Waals surface area contributed by atoms with Crippen LogP contribution in [0.4, 0.5) is 0 Å². The minimum atomic E-state index is 0.320. The fraction of sp³-hybridized carbons (Fsp3) is 0.528. The Morgan fingerprint density at radius 3 is 2.00 bits per heavy atom. The van der Waals surface area contributed by atoms with E-state index in [2.05, 4.69) is 75.0 Å². The predicted molar refractivity (Wildman–Crippen MR) is 163 cm³/mol. The molecule has 1 saturated carbocycles. The molecular formula is C36H50O2. The van der Waals surface area contributed by atoms with Gasteiger partial charge in [-0.05, 0) is 123 Å². The Morgan fingerprint density at radius 2 is 1.47 bits per heavy atom. The molecule has 2 aliphatic rings. The number of aliphatic hydroxyl groups excluding tert-OH is 1. The van der Waals surface area contributed by atoms with Gasteiger partial charge < -0.3 is 9.90 Å². The van der Waals surface area contributed by atoms with Gasteiger partial charge in [0.05, 0.1) is 0 Å². The Kier molecular flexibility index (Phi) is 12.5. The van der Waals surface area contributed by atoms with Gasteiger partial charge in [0.25, 0.3) is 0 Å². The zero-order valence-electron chi connectivity index (χ0n) is 24.0. The Hall–Kier alpha value is -2.45. The molecule has 2 unspecified atom stereocenters. The highest BCUT2D eigenvalue weighted by Gasteiger charge is 2.31. The number of aliphatic hydroxyl groups is 1. The van der Waals surface area contributed by atoms with Crippen molar-refractivity contribution in [3.05, 3.63) is 77.9 Å². The number of aryl methyl sites for hydroxylation is 1. The molecule has 2 aromatic rings. The second-order valence-electron chi connectivity index (χ2n) is 11.8. The second-order valence-corrected chi connectivity index (χ2v) is 11.8. The lowest BCUT2D eigenvalue weighted by Crippen LogP contribution is -2.28. The Morgan fingerprint density at radius 1 is 0.868 bits per heavy atom. The van der Waals surface area contributed by atoms with E-state index < -0.39 is 0 Å². The largest absolute Gasteiger partial charge is 0.396 e. The molecule has 1 N–H and O–H groups in total. The highest BCUT2D eigenvalue weighted by atomic mass is 16.3. The molecule has 2 aromatic carbocycles. The maximum atomic E-state index is 9.86. The minimum absolute atomic E-state index is 0.320. The third kappa shape index (κ3) is 8.53. The molecule has 2 atom stereocenters. The Bertz CT molecular complexity index is 993. The van der Waals surface area contributed by atoms with Gasteiger partial charge >= 0.3 is 0 Å². The van der Waals surface area contributed by atoms with Crippen molar-refractivity contribution in [1.29, 1.82) is 0 Å². The van der Waals surface area contributed by atoms with Crippen LogP contribution in [0.3, 0.4) is 0 Å². The summed E-state index contributed by atoms with van der Waals surface area (Å²) in [6.07, 6.45) is 17.7. The van der Waals surface area contributed by atoms with Crippen LogP contribution in [0, 0.1) is 23.7 Å². The van der Waals surface area contributed by atoms with Crippen molar-refractivity contribution >= 4 is 12.4 Å². The van der Waals surface area contributed by atoms with Gasteiger partial charge in [-0.2, -0.15) is 0 Å². The zero-order valence-corrected chi connectivity index (χ0v) is 24.0. The van der Waals surface area contributed by atoms with Gasteiger partial charge in [0.15, 0.2) is 0 Å². The maximum Gasteiger partial charge on any atom is 0.106 e. The van der Waals surface area contributed by atoms with E-state index in [0.717, 1.165) is 18.3 Å². The summed E-state index contributed by atoms with van der Waals surface area (Å²) < 4.78 is 0. The molecule has 0 spiro atoms. The summed E-state index contributed by atoms with van der Waals surface area (Å²) in [5.41, 5.74) is 8.25. The molecule has 0 amide bonds. The van der Waals surface area contributed by atoms with Gasteiger partial charge in [0.1, 0.15) is 6.79 Å². The first-order valence-electron chi connectivity index (χ1n) is 15.0. The summed E-state index contributed by atoms with van der Waals surface area (Å²) in [7, 11) is 0. The molecule has 0 aromatic heterocycles. The number of rotatable bonds is 11. The zero-order chi connectivity index (χ0) is 27.3. The van der Waals surface area contributed by atoms with Gasteiger partial charge in [-0.3, -0.25) is 0 Å². The van der Waals surface area contributed by atoms with E-state index in [1.54, 1.807) is 5.57 Å². The molecule has 0 radical (unpaired) electrons. The Balaban J connectivity index is 0.00000195. The third-order valence-corrected chi connectivity index (χ3v) is 9.06. The summed E-state index contributed by atoms with van der Waals surface area (Å²) in [6, 6.07) is 18.5. The van der Waals surface area contributed by atoms with E-state index in [4.69, 9.17) is 4.79 Å². The summed E-state index contributed by atoms with van der Waals surface area (Å²) in [5, 5.41) is 9.86. The van der Waals surface area contributed by atoms with Crippen molar-refractivity contribution in [3.63, 3.8) is 0 Å². The summed E-state index contributed by atoms with van der Waals surface area (Å²) >= 11 is 0. The lowest BCUT2D eigenvalue weighted by Gasteiger charge is -2.38. The molecule has 2 aliphatic carbocycles. The van der Waals surface area contributed by atoms with Gasteiger partial charge in [0, 0.05) is 6.61 Å². The fourth-order valence-electron chi connectivity index (χ4n) is 6.78. The van der Waals surface area contributed by atoms with Crippen molar-refractivity contribution in [2.24, 2.45) is 23.7 Å². The second kappa shape index (κ2) is 15.8. The van der Waals surface area contributed by atoms with E-state index in [1.165, 1.54) is 98.5 Å². The summed E-state index contributed by atoms with van der Waals surface area (Å²) in [6.45, 7) is 10.8. The van der Waals surface area contributed by atoms with E-state index in [-0.39, 0.29) is 0 Å². The van der Waals surface area contributed by atoms with E-state index in [1.807, 2.05) is 6.79 Å². The molecule has 206 valence electrons. The molecule has 38 heavy (non-hydrogen) atoms. The average molecular weight is 515 g/mol. The summed E-state index contributed by atoms with van der Waals surface area (Å²) in [5.74, 6) is 2.83. The quantitative estimate of drug-likeness (QED) is 0.239. The van der Waals surface area contributed by atoms with Crippen LogP contribution in [-0.4, -0.2) is 18.5 Å². The number of unbranched alkanes of at least 4 members (excludes halogenated alkanes) is 2. The van der Waals surface area contributed by atoms with Crippen molar-refractivity contribution < 1.29 is 9.90 Å². The SMILES string of the molecule is C=C(C)CC(CO)C1CCC(C2CC=C(c3ccc(-c4ccc(CCCCC)cc4)cc3)CC2)CC1.C=O. The molecule has 0 aliphatic heterocycles. The summed E-state index contributed by atoms with van der Waals surface area (Å²) in [4.78, 5) is 8.00. The van der Waals surface area contributed by atoms with E-state index >= 15 is 0 Å². The first-order chi connectivity index (χ1) is 18.6. The third-order valence-electron chi connectivity index (χ3n) is 9.06. The van der Waals surface area contributed by atoms with Crippen LogP contribution in [0.2, 0.25) is 0 Å². The van der Waals surface area contributed by atoms with Gasteiger partial charge in [0.2, 0.25) is 0 Å². The highest BCUT2D eigenvalue weighted by molar-refractivity contribution is 5.71.